The molecule has 0 spiro atoms. The van der Waals surface area contributed by atoms with Gasteiger partial charge in [0.25, 0.3) is 0 Å². The Hall–Kier alpha value is -2.54. The molecule has 158 valence electrons. The number of aliphatic carboxylic acids is 1. The number of aliphatic imine (C=N–C) groups is 1. The summed E-state index contributed by atoms with van der Waals surface area (Å²) in [7, 11) is -4.67. The van der Waals surface area contributed by atoms with Crippen molar-refractivity contribution in [2.24, 2.45) is 28.1 Å². The van der Waals surface area contributed by atoms with Crippen molar-refractivity contribution in [1.29, 1.82) is 0 Å². The molecule has 0 aliphatic heterocycles. The van der Waals surface area contributed by atoms with Gasteiger partial charge in [-0.25, -0.2) is 0 Å². The minimum atomic E-state index is -4.67. The molecule has 0 heterocycles. The molecule has 2 atom stereocenters. The zero-order chi connectivity index (χ0) is 21.7. The molecule has 0 aliphatic carbocycles. The highest BCUT2D eigenvalue weighted by Gasteiger charge is 2.24. The lowest BCUT2D eigenvalue weighted by Gasteiger charge is -2.15. The van der Waals surface area contributed by atoms with Gasteiger partial charge in [0.05, 0.1) is 12.0 Å². The predicted octanol–water partition coefficient (Wildman–Crippen LogP) is -0.383. The van der Waals surface area contributed by atoms with Crippen LogP contribution in [0.2, 0.25) is 0 Å². The largest absolute Gasteiger partial charge is 0.481 e. The van der Waals surface area contributed by atoms with Gasteiger partial charge in [0, 0.05) is 13.0 Å². The fourth-order valence-electron chi connectivity index (χ4n) is 2.22. The summed E-state index contributed by atoms with van der Waals surface area (Å²) in [6, 6.07) is 8.53. The minimum Gasteiger partial charge on any atom is -0.481 e. The van der Waals surface area contributed by atoms with Crippen molar-refractivity contribution in [3.63, 3.8) is 0 Å². The third-order valence-electron chi connectivity index (χ3n) is 3.50. The van der Waals surface area contributed by atoms with Crippen LogP contribution in [0.5, 0.6) is 0 Å². The lowest BCUT2D eigenvalue weighted by Crippen LogP contribution is -2.34. The van der Waals surface area contributed by atoms with Crippen molar-refractivity contribution in [1.82, 2.24) is 0 Å². The summed E-state index contributed by atoms with van der Waals surface area (Å²) in [4.78, 5) is 27.3. The minimum absolute atomic E-state index is 0.00120. The Morgan fingerprint density at radius 2 is 1.64 bits per heavy atom. The van der Waals surface area contributed by atoms with Crippen molar-refractivity contribution >= 4 is 28.1 Å². The number of hydrogen-bond acceptors (Lipinski definition) is 6. The second-order valence-electron chi connectivity index (χ2n) is 5.90. The smallest absolute Gasteiger partial charge is 0.394 e. The number of carboxylic acids is 1. The number of ketones is 1. The standard InChI is InChI=1S/C16H24N4O3.H2O4S/c17-13(7-4-8-20-16(18)19)14(21)10-12(15(22)23)9-11-5-2-1-3-6-11;1-5(2,3)4/h1-3,5-6,12-13H,4,7-10,17H2,(H,22,23)(H4,18,19,20);(H2,1,2,3,4)/t12-,13+;/m1./s1. The lowest BCUT2D eigenvalue weighted by atomic mass is 9.91. The highest BCUT2D eigenvalue weighted by Crippen LogP contribution is 2.15. The van der Waals surface area contributed by atoms with E-state index in [0.29, 0.717) is 25.8 Å². The van der Waals surface area contributed by atoms with Gasteiger partial charge in [0.2, 0.25) is 0 Å². The summed E-state index contributed by atoms with van der Waals surface area (Å²) in [6.45, 7) is 0.398. The van der Waals surface area contributed by atoms with Crippen LogP contribution in [0.15, 0.2) is 35.3 Å². The van der Waals surface area contributed by atoms with E-state index in [-0.39, 0.29) is 18.2 Å². The second-order valence-corrected chi connectivity index (χ2v) is 6.79. The SMILES string of the molecule is NC(N)=NCCC[C@H](N)C(=O)C[C@@H](Cc1ccccc1)C(=O)O.O=S(=O)(O)O. The van der Waals surface area contributed by atoms with E-state index >= 15 is 0 Å². The molecule has 11 nitrogen and oxygen atoms in total. The van der Waals surface area contributed by atoms with Crippen LogP contribution in [0.25, 0.3) is 0 Å². The first-order chi connectivity index (χ1) is 12.9. The average molecular weight is 418 g/mol. The number of rotatable bonds is 10. The number of carboxylic acid groups (broad SMARTS) is 1. The van der Waals surface area contributed by atoms with E-state index in [1.807, 2.05) is 30.3 Å². The Labute approximate surface area is 163 Å². The van der Waals surface area contributed by atoms with Crippen LogP contribution < -0.4 is 17.2 Å². The van der Waals surface area contributed by atoms with Gasteiger partial charge >= 0.3 is 16.4 Å². The molecule has 0 bridgehead atoms. The van der Waals surface area contributed by atoms with Gasteiger partial charge in [-0.2, -0.15) is 8.42 Å². The number of nitrogens with two attached hydrogens (primary N) is 3. The van der Waals surface area contributed by atoms with E-state index in [1.165, 1.54) is 0 Å². The number of hydrogen-bond donors (Lipinski definition) is 6. The van der Waals surface area contributed by atoms with Gasteiger partial charge in [-0.05, 0) is 24.8 Å². The van der Waals surface area contributed by atoms with Gasteiger partial charge in [-0.15, -0.1) is 0 Å². The number of nitrogens with zero attached hydrogens (tertiary/aromatic N) is 1. The van der Waals surface area contributed by atoms with Gasteiger partial charge < -0.3 is 22.3 Å². The molecule has 1 rings (SSSR count). The molecule has 0 aromatic heterocycles. The molecule has 0 aliphatic rings. The zero-order valence-corrected chi connectivity index (χ0v) is 16.0. The fraction of sp³-hybridized carbons (Fsp3) is 0.438. The van der Waals surface area contributed by atoms with Crippen LogP contribution in [0, 0.1) is 5.92 Å². The molecular weight excluding hydrogens is 392 g/mol. The number of carbonyl (C=O) groups excluding carboxylic acids is 1. The van der Waals surface area contributed by atoms with Gasteiger partial charge in [0.1, 0.15) is 5.78 Å². The van der Waals surface area contributed by atoms with Crippen molar-refractivity contribution < 1.29 is 32.2 Å². The van der Waals surface area contributed by atoms with E-state index in [1.54, 1.807) is 0 Å². The molecule has 1 aromatic rings. The maximum absolute atomic E-state index is 12.1. The van der Waals surface area contributed by atoms with E-state index in [0.717, 1.165) is 5.56 Å². The molecule has 0 saturated carbocycles. The highest BCUT2D eigenvalue weighted by molar-refractivity contribution is 7.79. The van der Waals surface area contributed by atoms with Crippen LogP contribution in [0.3, 0.4) is 0 Å². The summed E-state index contributed by atoms with van der Waals surface area (Å²) >= 11 is 0. The maximum Gasteiger partial charge on any atom is 0.394 e. The van der Waals surface area contributed by atoms with E-state index in [2.05, 4.69) is 4.99 Å². The van der Waals surface area contributed by atoms with E-state index in [9.17, 15) is 14.7 Å². The third kappa shape index (κ3) is 14.6. The van der Waals surface area contributed by atoms with Crippen molar-refractivity contribution in [3.8, 4) is 0 Å². The van der Waals surface area contributed by atoms with Crippen LogP contribution in [-0.4, -0.2) is 52.9 Å². The maximum atomic E-state index is 12.1. The van der Waals surface area contributed by atoms with Crippen LogP contribution >= 0.6 is 0 Å². The number of benzene rings is 1. The quantitative estimate of drug-likeness (QED) is 0.125. The molecular formula is C16H26N4O7S. The van der Waals surface area contributed by atoms with Crippen LogP contribution in [0.4, 0.5) is 0 Å². The molecule has 0 fully saturated rings. The van der Waals surface area contributed by atoms with Crippen molar-refractivity contribution in [3.05, 3.63) is 35.9 Å². The lowest BCUT2D eigenvalue weighted by molar-refractivity contribution is -0.143. The first kappa shape index (κ1) is 25.5. The molecule has 1 aromatic carbocycles. The fourth-order valence-corrected chi connectivity index (χ4v) is 2.22. The number of guanidine groups is 1. The summed E-state index contributed by atoms with van der Waals surface area (Å²) < 4.78 is 31.6. The second kappa shape index (κ2) is 12.8. The van der Waals surface area contributed by atoms with E-state index < -0.39 is 28.3 Å². The Balaban J connectivity index is 0.00000129. The number of Topliss-reactive ketones (excluding diaryl/α,β-unsaturated/α-hetero) is 1. The molecule has 0 radical (unpaired) electrons. The monoisotopic (exact) mass is 418 g/mol. The van der Waals surface area contributed by atoms with E-state index in [4.69, 9.17) is 34.7 Å². The average Bonchev–Trinajstić information content (AvgIpc) is 2.57. The molecule has 9 N–H and O–H groups in total. The summed E-state index contributed by atoms with van der Waals surface area (Å²) in [5.74, 6) is -2.01. The zero-order valence-electron chi connectivity index (χ0n) is 15.1. The Bertz CT molecular complexity index is 742. The highest BCUT2D eigenvalue weighted by atomic mass is 32.3. The summed E-state index contributed by atoms with van der Waals surface area (Å²) in [6.07, 6.45) is 1.23. The molecule has 28 heavy (non-hydrogen) atoms. The van der Waals surface area contributed by atoms with Crippen LogP contribution in [0.1, 0.15) is 24.8 Å². The Kier molecular flexibility index (Phi) is 11.6. The van der Waals surface area contributed by atoms with Crippen molar-refractivity contribution in [2.45, 2.75) is 31.7 Å². The number of carbonyl (C=O) groups is 2. The van der Waals surface area contributed by atoms with Crippen LogP contribution in [-0.2, 0) is 26.4 Å². The molecule has 12 heteroatoms. The van der Waals surface area contributed by atoms with Gasteiger partial charge in [-0.1, -0.05) is 30.3 Å². The summed E-state index contributed by atoms with van der Waals surface area (Å²) in [5.41, 5.74) is 17.1. The molecule has 0 unspecified atom stereocenters. The Morgan fingerprint density at radius 1 is 1.11 bits per heavy atom. The van der Waals surface area contributed by atoms with Gasteiger partial charge in [-0.3, -0.25) is 23.7 Å². The van der Waals surface area contributed by atoms with Crippen molar-refractivity contribution in [2.75, 3.05) is 6.54 Å². The first-order valence-electron chi connectivity index (χ1n) is 8.20. The van der Waals surface area contributed by atoms with Gasteiger partial charge in [0.15, 0.2) is 5.96 Å². The predicted molar refractivity (Wildman–Crippen MR) is 103 cm³/mol. The third-order valence-corrected chi connectivity index (χ3v) is 3.50. The normalized spacial score (nSPS) is 12.8. The molecule has 0 saturated heterocycles. The Morgan fingerprint density at radius 3 is 2.11 bits per heavy atom. The topological polar surface area (TPSA) is 219 Å². The summed E-state index contributed by atoms with van der Waals surface area (Å²) in [5, 5.41) is 9.30. The first-order valence-corrected chi connectivity index (χ1v) is 9.60. The molecule has 0 amide bonds.